The molecule has 0 aromatic carbocycles. The lowest BCUT2D eigenvalue weighted by Gasteiger charge is -2.36. The summed E-state index contributed by atoms with van der Waals surface area (Å²) in [5.74, 6) is 0.974. The molecule has 5 nitrogen and oxygen atoms in total. The van der Waals surface area contributed by atoms with E-state index < -0.39 is 5.60 Å². The van der Waals surface area contributed by atoms with Crippen LogP contribution in [-0.4, -0.2) is 43.0 Å². The van der Waals surface area contributed by atoms with Crippen LogP contribution in [0.4, 0.5) is 4.79 Å². The van der Waals surface area contributed by atoms with E-state index in [2.05, 4.69) is 38.3 Å². The Bertz CT molecular complexity index is 364. The number of alkyl carbamates (subject to hydrolysis) is 1. The topological polar surface area (TPSA) is 59.6 Å². The van der Waals surface area contributed by atoms with E-state index in [1.807, 2.05) is 20.8 Å². The molecule has 5 heteroatoms. The molecule has 1 saturated heterocycles. The molecule has 0 saturated carbocycles. The van der Waals surface area contributed by atoms with Gasteiger partial charge in [0.25, 0.3) is 0 Å². The molecule has 0 spiro atoms. The predicted molar refractivity (Wildman–Crippen MR) is 93.6 cm³/mol. The maximum Gasteiger partial charge on any atom is 0.407 e. The molecular weight excluding hydrogens is 292 g/mol. The lowest BCUT2D eigenvalue weighted by Crippen LogP contribution is -2.51. The summed E-state index contributed by atoms with van der Waals surface area (Å²) in [5.41, 5.74) is -0.462. The van der Waals surface area contributed by atoms with Crippen LogP contribution in [0.5, 0.6) is 0 Å². The predicted octanol–water partition coefficient (Wildman–Crippen LogP) is 3.33. The Hall–Kier alpha value is -0.810. The Kier molecular flexibility index (Phi) is 7.81. The molecule has 1 aliphatic heterocycles. The molecule has 2 N–H and O–H groups in total. The van der Waals surface area contributed by atoms with Crippen molar-refractivity contribution in [2.75, 3.05) is 13.2 Å². The molecule has 0 aliphatic carbocycles. The van der Waals surface area contributed by atoms with Gasteiger partial charge in [-0.05, 0) is 45.4 Å². The summed E-state index contributed by atoms with van der Waals surface area (Å²) in [6, 6.07) is 0.683. The molecular formula is C18H36N2O3. The number of amides is 1. The van der Waals surface area contributed by atoms with Gasteiger partial charge in [0, 0.05) is 25.2 Å². The number of hydrogen-bond acceptors (Lipinski definition) is 4. The smallest absolute Gasteiger partial charge is 0.407 e. The van der Waals surface area contributed by atoms with Gasteiger partial charge < -0.3 is 20.1 Å². The fourth-order valence-electron chi connectivity index (χ4n) is 2.74. The van der Waals surface area contributed by atoms with Gasteiger partial charge in [-0.2, -0.15) is 0 Å². The summed E-state index contributed by atoms with van der Waals surface area (Å²) in [6.45, 7) is 15.8. The van der Waals surface area contributed by atoms with Crippen LogP contribution < -0.4 is 10.6 Å². The fourth-order valence-corrected chi connectivity index (χ4v) is 2.74. The average molecular weight is 328 g/mol. The lowest BCUT2D eigenvalue weighted by molar-refractivity contribution is -0.0267. The molecule has 0 radical (unpaired) electrons. The Morgan fingerprint density at radius 1 is 1.26 bits per heavy atom. The molecule has 0 bridgehead atoms. The monoisotopic (exact) mass is 328 g/mol. The SMILES string of the molecule is CC(C)C(CNC(=O)OC(C)(C)C)NC1CCOC(C(C)C)C1. The van der Waals surface area contributed by atoms with Crippen LogP contribution >= 0.6 is 0 Å². The molecule has 23 heavy (non-hydrogen) atoms. The van der Waals surface area contributed by atoms with Gasteiger partial charge in [0.05, 0.1) is 6.10 Å². The van der Waals surface area contributed by atoms with Crippen LogP contribution in [0, 0.1) is 11.8 Å². The van der Waals surface area contributed by atoms with E-state index in [0.717, 1.165) is 19.4 Å². The Morgan fingerprint density at radius 2 is 1.91 bits per heavy atom. The third kappa shape index (κ3) is 8.02. The summed E-state index contributed by atoms with van der Waals surface area (Å²) in [5, 5.41) is 6.60. The van der Waals surface area contributed by atoms with Crippen LogP contribution in [0.15, 0.2) is 0 Å². The van der Waals surface area contributed by atoms with Crippen molar-refractivity contribution in [1.82, 2.24) is 10.6 Å². The number of nitrogens with one attached hydrogen (secondary N) is 2. The zero-order valence-corrected chi connectivity index (χ0v) is 15.9. The summed E-state index contributed by atoms with van der Waals surface area (Å²) in [6.07, 6.45) is 2.04. The van der Waals surface area contributed by atoms with Crippen molar-refractivity contribution in [2.24, 2.45) is 11.8 Å². The van der Waals surface area contributed by atoms with Gasteiger partial charge in [0.1, 0.15) is 5.60 Å². The zero-order chi connectivity index (χ0) is 17.6. The van der Waals surface area contributed by atoms with E-state index in [9.17, 15) is 4.79 Å². The van der Waals surface area contributed by atoms with E-state index >= 15 is 0 Å². The van der Waals surface area contributed by atoms with Crippen molar-refractivity contribution in [3.05, 3.63) is 0 Å². The summed E-state index contributed by atoms with van der Waals surface area (Å²) >= 11 is 0. The van der Waals surface area contributed by atoms with E-state index in [-0.39, 0.29) is 12.1 Å². The first-order valence-corrected chi connectivity index (χ1v) is 8.93. The van der Waals surface area contributed by atoms with Gasteiger partial charge in [-0.1, -0.05) is 27.7 Å². The minimum absolute atomic E-state index is 0.235. The molecule has 3 unspecified atom stereocenters. The summed E-state index contributed by atoms with van der Waals surface area (Å²) in [4.78, 5) is 11.8. The van der Waals surface area contributed by atoms with Gasteiger partial charge in [0.15, 0.2) is 0 Å². The van der Waals surface area contributed by atoms with Crippen LogP contribution in [0.2, 0.25) is 0 Å². The number of hydrogen-bond donors (Lipinski definition) is 2. The van der Waals surface area contributed by atoms with E-state index in [1.165, 1.54) is 0 Å². The van der Waals surface area contributed by atoms with Gasteiger partial charge in [-0.25, -0.2) is 4.79 Å². The highest BCUT2D eigenvalue weighted by Crippen LogP contribution is 2.21. The molecule has 3 atom stereocenters. The molecule has 0 aromatic heterocycles. The molecule has 1 amide bonds. The minimum atomic E-state index is -0.462. The van der Waals surface area contributed by atoms with Gasteiger partial charge >= 0.3 is 6.09 Å². The van der Waals surface area contributed by atoms with E-state index in [4.69, 9.17) is 9.47 Å². The number of rotatable bonds is 6. The number of carbonyl (C=O) groups excluding carboxylic acids is 1. The average Bonchev–Trinajstić information content (AvgIpc) is 2.41. The quantitative estimate of drug-likeness (QED) is 0.785. The van der Waals surface area contributed by atoms with Crippen molar-refractivity contribution in [3.63, 3.8) is 0 Å². The maximum atomic E-state index is 11.8. The zero-order valence-electron chi connectivity index (χ0n) is 15.9. The maximum absolute atomic E-state index is 11.8. The Labute approximate surface area is 141 Å². The Balaban J connectivity index is 2.47. The van der Waals surface area contributed by atoms with Crippen molar-refractivity contribution >= 4 is 6.09 Å². The largest absolute Gasteiger partial charge is 0.444 e. The van der Waals surface area contributed by atoms with Crippen LogP contribution in [0.25, 0.3) is 0 Å². The first kappa shape index (κ1) is 20.2. The van der Waals surface area contributed by atoms with E-state index in [1.54, 1.807) is 0 Å². The van der Waals surface area contributed by atoms with Crippen molar-refractivity contribution in [2.45, 2.75) is 85.1 Å². The first-order chi connectivity index (χ1) is 10.6. The molecule has 136 valence electrons. The standard InChI is InChI=1S/C18H36N2O3/c1-12(2)15(11-19-17(21)23-18(5,6)7)20-14-8-9-22-16(10-14)13(3)4/h12-16,20H,8-11H2,1-7H3,(H,19,21). The van der Waals surface area contributed by atoms with Crippen molar-refractivity contribution in [1.29, 1.82) is 0 Å². The second kappa shape index (κ2) is 8.88. The van der Waals surface area contributed by atoms with Crippen molar-refractivity contribution in [3.8, 4) is 0 Å². The van der Waals surface area contributed by atoms with Crippen LogP contribution in [0.1, 0.15) is 61.3 Å². The second-order valence-electron chi connectivity index (χ2n) is 8.27. The first-order valence-electron chi connectivity index (χ1n) is 8.93. The van der Waals surface area contributed by atoms with Gasteiger partial charge in [0.2, 0.25) is 0 Å². The Morgan fingerprint density at radius 3 is 2.43 bits per heavy atom. The molecule has 1 aliphatic rings. The van der Waals surface area contributed by atoms with Gasteiger partial charge in [-0.3, -0.25) is 0 Å². The fraction of sp³-hybridized carbons (Fsp3) is 0.944. The number of ether oxygens (including phenoxy) is 2. The lowest BCUT2D eigenvalue weighted by atomic mass is 9.93. The van der Waals surface area contributed by atoms with Crippen molar-refractivity contribution < 1.29 is 14.3 Å². The molecule has 1 heterocycles. The third-order valence-corrected chi connectivity index (χ3v) is 4.18. The summed E-state index contributed by atoms with van der Waals surface area (Å²) < 4.78 is 11.1. The van der Waals surface area contributed by atoms with E-state index in [0.29, 0.717) is 30.5 Å². The number of carbonyl (C=O) groups is 1. The second-order valence-corrected chi connectivity index (χ2v) is 8.27. The highest BCUT2D eigenvalue weighted by Gasteiger charge is 2.27. The normalized spacial score (nSPS) is 23.9. The molecule has 0 aromatic rings. The highest BCUT2D eigenvalue weighted by molar-refractivity contribution is 5.67. The van der Waals surface area contributed by atoms with Gasteiger partial charge in [-0.15, -0.1) is 0 Å². The summed E-state index contributed by atoms with van der Waals surface area (Å²) in [7, 11) is 0. The third-order valence-electron chi connectivity index (χ3n) is 4.18. The molecule has 1 fully saturated rings. The molecule has 1 rings (SSSR count). The minimum Gasteiger partial charge on any atom is -0.444 e. The highest BCUT2D eigenvalue weighted by atomic mass is 16.6. The van der Waals surface area contributed by atoms with Crippen LogP contribution in [-0.2, 0) is 9.47 Å². The van der Waals surface area contributed by atoms with Crippen LogP contribution in [0.3, 0.4) is 0 Å².